The van der Waals surface area contributed by atoms with Crippen LogP contribution < -0.4 is 0 Å². The zero-order valence-corrected chi connectivity index (χ0v) is 9.77. The van der Waals surface area contributed by atoms with E-state index >= 15 is 0 Å². The van der Waals surface area contributed by atoms with Crippen LogP contribution in [0.4, 0.5) is 0 Å². The van der Waals surface area contributed by atoms with E-state index in [1.165, 1.54) is 11.1 Å². The Kier molecular flexibility index (Phi) is 2.83. The van der Waals surface area contributed by atoms with Crippen molar-refractivity contribution < 1.29 is 5.11 Å². The zero-order chi connectivity index (χ0) is 11.0. The summed E-state index contributed by atoms with van der Waals surface area (Å²) in [5.74, 6) is 1.70. The number of aliphatic hydroxyl groups excluding tert-OH is 1. The fraction of sp³-hybridized carbons (Fsp3) is 0.571. The van der Waals surface area contributed by atoms with Crippen molar-refractivity contribution in [3.05, 3.63) is 35.4 Å². The van der Waals surface area contributed by atoms with Gasteiger partial charge in [-0.2, -0.15) is 0 Å². The Bertz CT molecular complexity index is 324. The summed E-state index contributed by atoms with van der Waals surface area (Å²) in [5.41, 5.74) is 2.79. The van der Waals surface area contributed by atoms with Gasteiger partial charge in [-0.05, 0) is 42.2 Å². The van der Waals surface area contributed by atoms with Gasteiger partial charge in [0, 0.05) is 0 Å². The van der Waals surface area contributed by atoms with Crippen molar-refractivity contribution in [2.45, 2.75) is 45.1 Å². The minimum absolute atomic E-state index is 0.153. The second-order valence-corrected chi connectivity index (χ2v) is 5.07. The van der Waals surface area contributed by atoms with Crippen molar-refractivity contribution in [2.24, 2.45) is 5.92 Å². The summed E-state index contributed by atoms with van der Waals surface area (Å²) in [4.78, 5) is 0. The van der Waals surface area contributed by atoms with Gasteiger partial charge in [-0.3, -0.25) is 0 Å². The van der Waals surface area contributed by atoms with Crippen LogP contribution in [0.2, 0.25) is 0 Å². The highest BCUT2D eigenvalue weighted by Gasteiger charge is 2.41. The van der Waals surface area contributed by atoms with Crippen LogP contribution >= 0.6 is 0 Å². The molecule has 1 aliphatic rings. The van der Waals surface area contributed by atoms with E-state index in [0.717, 1.165) is 6.42 Å². The van der Waals surface area contributed by atoms with Crippen LogP contribution in [0.3, 0.4) is 0 Å². The Labute approximate surface area is 92.1 Å². The van der Waals surface area contributed by atoms with E-state index in [1.54, 1.807) is 0 Å². The lowest BCUT2D eigenvalue weighted by Crippen LogP contribution is -2.03. The molecule has 0 amide bonds. The Balaban J connectivity index is 2.06. The van der Waals surface area contributed by atoms with E-state index in [0.29, 0.717) is 17.8 Å². The fourth-order valence-electron chi connectivity index (χ4n) is 2.26. The van der Waals surface area contributed by atoms with E-state index in [-0.39, 0.29) is 6.10 Å². The van der Waals surface area contributed by atoms with Crippen molar-refractivity contribution >= 4 is 0 Å². The molecule has 0 bridgehead atoms. The Morgan fingerprint density at radius 1 is 1.13 bits per heavy atom. The summed E-state index contributed by atoms with van der Waals surface area (Å²) < 4.78 is 0. The topological polar surface area (TPSA) is 20.2 Å². The molecule has 1 nitrogen and oxygen atoms in total. The fourth-order valence-corrected chi connectivity index (χ4v) is 2.26. The van der Waals surface area contributed by atoms with Gasteiger partial charge in [0.1, 0.15) is 0 Å². The molecule has 15 heavy (non-hydrogen) atoms. The maximum atomic E-state index is 9.47. The van der Waals surface area contributed by atoms with Gasteiger partial charge >= 0.3 is 0 Å². The van der Waals surface area contributed by atoms with Crippen LogP contribution in [0.1, 0.15) is 50.2 Å². The standard InChI is InChI=1S/C14H20O/c1-9(2)11-4-6-12(7-5-11)14-8-13(14)10(3)15/h4-7,9-10,13-15H,8H2,1-3H3. The molecule has 1 fully saturated rings. The largest absolute Gasteiger partial charge is 0.393 e. The molecular formula is C14H20O. The highest BCUT2D eigenvalue weighted by atomic mass is 16.3. The van der Waals surface area contributed by atoms with Crippen LogP contribution in [-0.2, 0) is 0 Å². The summed E-state index contributed by atoms with van der Waals surface area (Å²) >= 11 is 0. The zero-order valence-electron chi connectivity index (χ0n) is 9.77. The summed E-state index contributed by atoms with van der Waals surface area (Å²) in [7, 11) is 0. The first-order valence-electron chi connectivity index (χ1n) is 5.87. The summed E-state index contributed by atoms with van der Waals surface area (Å²) in [6, 6.07) is 8.89. The average Bonchev–Trinajstić information content (AvgIpc) is 2.97. The lowest BCUT2D eigenvalue weighted by atomic mass is 9.99. The molecule has 1 saturated carbocycles. The van der Waals surface area contributed by atoms with Crippen LogP contribution in [-0.4, -0.2) is 11.2 Å². The molecule has 0 aliphatic heterocycles. The predicted molar refractivity (Wildman–Crippen MR) is 63.1 cm³/mol. The van der Waals surface area contributed by atoms with Gasteiger partial charge in [0.25, 0.3) is 0 Å². The maximum absolute atomic E-state index is 9.47. The van der Waals surface area contributed by atoms with E-state index in [4.69, 9.17) is 0 Å². The molecule has 1 aromatic rings. The number of benzene rings is 1. The molecule has 82 valence electrons. The number of hydrogen-bond donors (Lipinski definition) is 1. The van der Waals surface area contributed by atoms with Crippen LogP contribution in [0, 0.1) is 5.92 Å². The second-order valence-electron chi connectivity index (χ2n) is 5.07. The molecule has 3 unspecified atom stereocenters. The predicted octanol–water partition coefficient (Wildman–Crippen LogP) is 3.29. The van der Waals surface area contributed by atoms with Crippen molar-refractivity contribution in [2.75, 3.05) is 0 Å². The first-order chi connectivity index (χ1) is 7.09. The highest BCUT2D eigenvalue weighted by molar-refractivity contribution is 5.31. The first kappa shape index (κ1) is 10.7. The Morgan fingerprint density at radius 3 is 2.13 bits per heavy atom. The van der Waals surface area contributed by atoms with E-state index < -0.39 is 0 Å². The summed E-state index contributed by atoms with van der Waals surface area (Å²) in [5, 5.41) is 9.47. The first-order valence-corrected chi connectivity index (χ1v) is 5.87. The number of hydrogen-bond acceptors (Lipinski definition) is 1. The lowest BCUT2D eigenvalue weighted by molar-refractivity contribution is 0.169. The average molecular weight is 204 g/mol. The summed E-state index contributed by atoms with van der Waals surface area (Å²) in [6.07, 6.45) is 0.998. The SMILES string of the molecule is CC(C)c1ccc(C2CC2C(C)O)cc1. The molecule has 0 spiro atoms. The van der Waals surface area contributed by atoms with Gasteiger partial charge in [-0.15, -0.1) is 0 Å². The van der Waals surface area contributed by atoms with Crippen LogP contribution in [0.15, 0.2) is 24.3 Å². The number of aliphatic hydroxyl groups is 1. The van der Waals surface area contributed by atoms with Crippen LogP contribution in [0.5, 0.6) is 0 Å². The summed E-state index contributed by atoms with van der Waals surface area (Å²) in [6.45, 7) is 6.32. The normalized spacial score (nSPS) is 26.7. The van der Waals surface area contributed by atoms with E-state index in [1.807, 2.05) is 6.92 Å². The van der Waals surface area contributed by atoms with Gasteiger partial charge in [-0.1, -0.05) is 38.1 Å². The van der Waals surface area contributed by atoms with Crippen molar-refractivity contribution in [1.29, 1.82) is 0 Å². The monoisotopic (exact) mass is 204 g/mol. The Morgan fingerprint density at radius 2 is 1.73 bits per heavy atom. The van der Waals surface area contributed by atoms with E-state index in [9.17, 15) is 5.11 Å². The molecule has 2 rings (SSSR count). The van der Waals surface area contributed by atoms with Crippen LogP contribution in [0.25, 0.3) is 0 Å². The number of rotatable bonds is 3. The molecule has 1 N–H and O–H groups in total. The molecule has 1 aliphatic carbocycles. The molecule has 1 aromatic carbocycles. The molecule has 0 saturated heterocycles. The third-order valence-corrected chi connectivity index (χ3v) is 3.49. The highest BCUT2D eigenvalue weighted by Crippen LogP contribution is 2.49. The lowest BCUT2D eigenvalue weighted by Gasteiger charge is -2.07. The van der Waals surface area contributed by atoms with Gasteiger partial charge in [0.2, 0.25) is 0 Å². The van der Waals surface area contributed by atoms with Gasteiger partial charge in [-0.25, -0.2) is 0 Å². The molecule has 0 aromatic heterocycles. The quantitative estimate of drug-likeness (QED) is 0.801. The molecule has 1 heteroatoms. The minimum atomic E-state index is -0.153. The second kappa shape index (κ2) is 3.97. The third kappa shape index (κ3) is 2.23. The maximum Gasteiger partial charge on any atom is 0.0546 e. The molecule has 0 radical (unpaired) electrons. The van der Waals surface area contributed by atoms with Crippen molar-refractivity contribution in [3.63, 3.8) is 0 Å². The van der Waals surface area contributed by atoms with Gasteiger partial charge in [0.05, 0.1) is 6.10 Å². The van der Waals surface area contributed by atoms with Crippen molar-refractivity contribution in [1.82, 2.24) is 0 Å². The molecule has 3 atom stereocenters. The van der Waals surface area contributed by atoms with E-state index in [2.05, 4.69) is 38.1 Å². The van der Waals surface area contributed by atoms with Crippen molar-refractivity contribution in [3.8, 4) is 0 Å². The smallest absolute Gasteiger partial charge is 0.0546 e. The Hall–Kier alpha value is -0.820. The molecular weight excluding hydrogens is 184 g/mol. The minimum Gasteiger partial charge on any atom is -0.393 e. The molecule has 0 heterocycles. The van der Waals surface area contributed by atoms with Gasteiger partial charge < -0.3 is 5.11 Å². The van der Waals surface area contributed by atoms with Gasteiger partial charge in [0.15, 0.2) is 0 Å². The third-order valence-electron chi connectivity index (χ3n) is 3.49.